The second kappa shape index (κ2) is 5.81. The van der Waals surface area contributed by atoms with Gasteiger partial charge in [-0.25, -0.2) is 0 Å². The van der Waals surface area contributed by atoms with Crippen molar-refractivity contribution in [1.29, 1.82) is 5.26 Å². The predicted molar refractivity (Wildman–Crippen MR) is 84.7 cm³/mol. The highest BCUT2D eigenvalue weighted by molar-refractivity contribution is 7.98. The zero-order valence-electron chi connectivity index (χ0n) is 10.9. The van der Waals surface area contributed by atoms with Gasteiger partial charge in [0.2, 0.25) is 0 Å². The second-order valence-corrected chi connectivity index (χ2v) is 5.66. The van der Waals surface area contributed by atoms with Gasteiger partial charge in [0.05, 0.1) is 11.6 Å². The van der Waals surface area contributed by atoms with E-state index in [1.165, 1.54) is 21.2 Å². The molecule has 3 rings (SSSR count). The molecule has 0 bridgehead atoms. The first-order valence-corrected chi connectivity index (χ1v) is 7.44. The van der Waals surface area contributed by atoms with Crippen LogP contribution >= 0.6 is 11.8 Å². The van der Waals surface area contributed by atoms with Crippen molar-refractivity contribution >= 4 is 22.5 Å². The van der Waals surface area contributed by atoms with Crippen LogP contribution in [0.5, 0.6) is 0 Å². The Morgan fingerprint density at radius 2 is 1.60 bits per heavy atom. The largest absolute Gasteiger partial charge is 0.192 e. The lowest BCUT2D eigenvalue weighted by atomic mass is 10.1. The third kappa shape index (κ3) is 2.84. The van der Waals surface area contributed by atoms with Crippen LogP contribution in [-0.4, -0.2) is 0 Å². The van der Waals surface area contributed by atoms with Crippen molar-refractivity contribution in [2.24, 2.45) is 0 Å². The van der Waals surface area contributed by atoms with Gasteiger partial charge in [-0.2, -0.15) is 5.26 Å². The SMILES string of the molecule is N#Cc1ccc(CSc2ccc3ccccc3c2)cc1. The highest BCUT2D eigenvalue weighted by Crippen LogP contribution is 2.26. The monoisotopic (exact) mass is 275 g/mol. The number of fused-ring (bicyclic) bond motifs is 1. The molecule has 0 aromatic heterocycles. The molecule has 0 amide bonds. The number of benzene rings is 3. The Balaban J connectivity index is 1.74. The Hall–Kier alpha value is -2.24. The first-order valence-electron chi connectivity index (χ1n) is 6.46. The lowest BCUT2D eigenvalue weighted by molar-refractivity contribution is 1.37. The molecule has 1 nitrogen and oxygen atoms in total. The minimum absolute atomic E-state index is 0.712. The van der Waals surface area contributed by atoms with Gasteiger partial charge in [-0.1, -0.05) is 42.5 Å². The Labute approximate surface area is 122 Å². The van der Waals surface area contributed by atoms with E-state index in [0.717, 1.165) is 5.75 Å². The summed E-state index contributed by atoms with van der Waals surface area (Å²) in [6.45, 7) is 0. The third-order valence-electron chi connectivity index (χ3n) is 3.21. The molecule has 0 spiro atoms. The van der Waals surface area contributed by atoms with Crippen LogP contribution in [0.3, 0.4) is 0 Å². The van der Waals surface area contributed by atoms with Gasteiger partial charge in [0.25, 0.3) is 0 Å². The maximum absolute atomic E-state index is 8.78. The summed E-state index contributed by atoms with van der Waals surface area (Å²) in [6.07, 6.45) is 0. The van der Waals surface area contributed by atoms with Gasteiger partial charge in [-0.15, -0.1) is 11.8 Å². The number of rotatable bonds is 3. The molecule has 0 aliphatic rings. The molecule has 0 unspecified atom stereocenters. The van der Waals surface area contributed by atoms with E-state index in [1.54, 1.807) is 0 Å². The lowest BCUT2D eigenvalue weighted by Gasteiger charge is -2.04. The van der Waals surface area contributed by atoms with Gasteiger partial charge >= 0.3 is 0 Å². The molecule has 20 heavy (non-hydrogen) atoms. The third-order valence-corrected chi connectivity index (χ3v) is 4.27. The zero-order chi connectivity index (χ0) is 13.8. The summed E-state index contributed by atoms with van der Waals surface area (Å²) in [4.78, 5) is 1.27. The van der Waals surface area contributed by atoms with Gasteiger partial charge in [-0.3, -0.25) is 0 Å². The van der Waals surface area contributed by atoms with Gasteiger partial charge < -0.3 is 0 Å². The Morgan fingerprint density at radius 1 is 0.850 bits per heavy atom. The van der Waals surface area contributed by atoms with Crippen molar-refractivity contribution in [3.8, 4) is 6.07 Å². The average Bonchev–Trinajstić information content (AvgIpc) is 2.53. The number of nitrogens with zero attached hydrogens (tertiary/aromatic N) is 1. The Bertz CT molecular complexity index is 769. The first-order chi connectivity index (χ1) is 9.85. The second-order valence-electron chi connectivity index (χ2n) is 4.61. The van der Waals surface area contributed by atoms with E-state index in [-0.39, 0.29) is 0 Å². The van der Waals surface area contributed by atoms with E-state index in [9.17, 15) is 0 Å². The van der Waals surface area contributed by atoms with E-state index in [1.807, 2.05) is 36.0 Å². The highest BCUT2D eigenvalue weighted by Gasteiger charge is 1.99. The molecule has 0 aliphatic heterocycles. The Kier molecular flexibility index (Phi) is 3.71. The van der Waals surface area contributed by atoms with Gasteiger partial charge in [-0.05, 0) is 40.6 Å². The van der Waals surface area contributed by atoms with Crippen LogP contribution in [0.4, 0.5) is 0 Å². The summed E-state index contributed by atoms with van der Waals surface area (Å²) in [5, 5.41) is 11.3. The standard InChI is InChI=1S/C18H13NS/c19-12-14-5-7-15(8-6-14)13-20-18-10-9-16-3-1-2-4-17(16)11-18/h1-11H,13H2. The Morgan fingerprint density at radius 3 is 2.35 bits per heavy atom. The summed E-state index contributed by atoms with van der Waals surface area (Å²) < 4.78 is 0. The molecule has 0 saturated carbocycles. The molecule has 0 radical (unpaired) electrons. The number of nitriles is 1. The molecule has 96 valence electrons. The van der Waals surface area contributed by atoms with Crippen LogP contribution in [0.2, 0.25) is 0 Å². The molecule has 0 heterocycles. The summed E-state index contributed by atoms with van der Waals surface area (Å²) in [5.74, 6) is 0.921. The lowest BCUT2D eigenvalue weighted by Crippen LogP contribution is -1.82. The number of hydrogen-bond donors (Lipinski definition) is 0. The van der Waals surface area contributed by atoms with Crippen molar-refractivity contribution in [3.63, 3.8) is 0 Å². The summed E-state index contributed by atoms with van der Waals surface area (Å²) >= 11 is 1.82. The van der Waals surface area contributed by atoms with E-state index in [0.29, 0.717) is 5.56 Å². The normalized spacial score (nSPS) is 10.3. The van der Waals surface area contributed by atoms with Crippen LogP contribution in [0.1, 0.15) is 11.1 Å². The molecule has 0 aliphatic carbocycles. The smallest absolute Gasteiger partial charge is 0.0991 e. The molecule has 0 atom stereocenters. The van der Waals surface area contributed by atoms with Crippen molar-refractivity contribution in [3.05, 3.63) is 77.9 Å². The summed E-state index contributed by atoms with van der Waals surface area (Å²) in [7, 11) is 0. The highest BCUT2D eigenvalue weighted by atomic mass is 32.2. The molecule has 3 aromatic carbocycles. The maximum atomic E-state index is 8.78. The van der Waals surface area contributed by atoms with Crippen LogP contribution in [0, 0.1) is 11.3 Å². The van der Waals surface area contributed by atoms with Gasteiger partial charge in [0.1, 0.15) is 0 Å². The first kappa shape index (κ1) is 12.8. The van der Waals surface area contributed by atoms with Gasteiger partial charge in [0.15, 0.2) is 0 Å². The van der Waals surface area contributed by atoms with Crippen LogP contribution in [0.25, 0.3) is 10.8 Å². The minimum atomic E-state index is 0.712. The fraction of sp³-hybridized carbons (Fsp3) is 0.0556. The van der Waals surface area contributed by atoms with Crippen molar-refractivity contribution in [1.82, 2.24) is 0 Å². The van der Waals surface area contributed by atoms with E-state index < -0.39 is 0 Å². The predicted octanol–water partition coefficient (Wildman–Crippen LogP) is 5.00. The van der Waals surface area contributed by atoms with Gasteiger partial charge in [0, 0.05) is 10.6 Å². The summed E-state index contributed by atoms with van der Waals surface area (Å²) in [6, 6.07) is 24.9. The molecule has 3 aromatic rings. The fourth-order valence-electron chi connectivity index (χ4n) is 2.10. The number of hydrogen-bond acceptors (Lipinski definition) is 2. The fourth-order valence-corrected chi connectivity index (χ4v) is 3.00. The average molecular weight is 275 g/mol. The molecular weight excluding hydrogens is 262 g/mol. The van der Waals surface area contributed by atoms with Crippen LogP contribution < -0.4 is 0 Å². The molecule has 0 N–H and O–H groups in total. The topological polar surface area (TPSA) is 23.8 Å². The van der Waals surface area contributed by atoms with Crippen LogP contribution in [0.15, 0.2) is 71.6 Å². The van der Waals surface area contributed by atoms with Crippen molar-refractivity contribution < 1.29 is 0 Å². The van der Waals surface area contributed by atoms with Crippen molar-refractivity contribution in [2.45, 2.75) is 10.6 Å². The zero-order valence-corrected chi connectivity index (χ0v) is 11.7. The molecular formula is C18H13NS. The quantitative estimate of drug-likeness (QED) is 0.628. The molecule has 0 fully saturated rings. The van der Waals surface area contributed by atoms with Crippen LogP contribution in [-0.2, 0) is 5.75 Å². The summed E-state index contributed by atoms with van der Waals surface area (Å²) in [5.41, 5.74) is 1.95. The maximum Gasteiger partial charge on any atom is 0.0991 e. The van der Waals surface area contributed by atoms with E-state index >= 15 is 0 Å². The van der Waals surface area contributed by atoms with Crippen molar-refractivity contribution in [2.75, 3.05) is 0 Å². The van der Waals surface area contributed by atoms with E-state index in [2.05, 4.69) is 48.5 Å². The minimum Gasteiger partial charge on any atom is -0.192 e. The van der Waals surface area contributed by atoms with E-state index in [4.69, 9.17) is 5.26 Å². The molecule has 0 saturated heterocycles. The number of thioether (sulfide) groups is 1. The molecule has 2 heteroatoms.